The predicted octanol–water partition coefficient (Wildman–Crippen LogP) is 2.03. The van der Waals surface area contributed by atoms with Crippen LogP contribution in [0.3, 0.4) is 0 Å². The van der Waals surface area contributed by atoms with Gasteiger partial charge in [0.15, 0.2) is 29.6 Å². The van der Waals surface area contributed by atoms with Crippen molar-refractivity contribution in [3.05, 3.63) is 94.2 Å². The Balaban J connectivity index is 1.43. The number of aromatic amines is 1. The van der Waals surface area contributed by atoms with E-state index in [1.165, 1.54) is 15.2 Å². The lowest BCUT2D eigenvalue weighted by Crippen LogP contribution is -2.67. The maximum atomic E-state index is 13.7. The molecule has 4 heterocycles. The van der Waals surface area contributed by atoms with Gasteiger partial charge in [0.1, 0.15) is 6.10 Å². The van der Waals surface area contributed by atoms with Gasteiger partial charge < -0.3 is 24.4 Å². The summed E-state index contributed by atoms with van der Waals surface area (Å²) in [7, 11) is -2.97. The lowest BCUT2D eigenvalue weighted by atomic mass is 10.1. The van der Waals surface area contributed by atoms with Gasteiger partial charge in [-0.2, -0.15) is 4.98 Å². The SMILES string of the molecule is C=CCn1c(=O)n([C@@H]2O[C@H](CO[Si](c3ccccc3)(c3ccccc3)C(C)(C)C)[C@H]3OC(=O)O[C@H]32)c2nc(N)[nH]c(=O)c21. The van der Waals surface area contributed by atoms with Crippen LogP contribution >= 0.6 is 0 Å². The molecule has 0 amide bonds. The number of imidazole rings is 1. The monoisotopic (exact) mass is 603 g/mol. The molecule has 13 heteroatoms. The van der Waals surface area contributed by atoms with Crippen molar-refractivity contribution in [2.45, 2.75) is 56.9 Å². The van der Waals surface area contributed by atoms with Crippen molar-refractivity contribution < 1.29 is 23.4 Å². The number of nitrogens with one attached hydrogen (secondary N) is 1. The first-order valence-electron chi connectivity index (χ1n) is 14.0. The Labute approximate surface area is 247 Å². The van der Waals surface area contributed by atoms with Crippen LogP contribution in [-0.4, -0.2) is 58.5 Å². The number of anilines is 1. The van der Waals surface area contributed by atoms with Gasteiger partial charge in [0, 0.05) is 6.54 Å². The Hall–Kier alpha value is -4.46. The second kappa shape index (κ2) is 10.7. The first-order valence-corrected chi connectivity index (χ1v) is 15.9. The van der Waals surface area contributed by atoms with E-state index in [1.54, 1.807) is 0 Å². The van der Waals surface area contributed by atoms with Crippen molar-refractivity contribution in [1.29, 1.82) is 0 Å². The number of nitrogens with two attached hydrogens (primary N) is 1. The minimum absolute atomic E-state index is 0.00324. The molecule has 224 valence electrons. The zero-order valence-electron chi connectivity index (χ0n) is 24.1. The van der Waals surface area contributed by atoms with Gasteiger partial charge in [0.05, 0.1) is 6.61 Å². The third-order valence-corrected chi connectivity index (χ3v) is 13.0. The highest BCUT2D eigenvalue weighted by Crippen LogP contribution is 2.41. The Morgan fingerprint density at radius 2 is 1.63 bits per heavy atom. The van der Waals surface area contributed by atoms with Gasteiger partial charge in [-0.15, -0.1) is 6.58 Å². The fourth-order valence-corrected chi connectivity index (χ4v) is 10.8. The first kappa shape index (κ1) is 28.6. The minimum atomic E-state index is -2.97. The molecule has 0 saturated carbocycles. The summed E-state index contributed by atoms with van der Waals surface area (Å²) in [6, 6.07) is 20.2. The van der Waals surface area contributed by atoms with Crippen LogP contribution < -0.4 is 27.4 Å². The van der Waals surface area contributed by atoms with Crippen LogP contribution in [0.2, 0.25) is 5.04 Å². The van der Waals surface area contributed by atoms with E-state index >= 15 is 0 Å². The molecule has 2 aromatic heterocycles. The van der Waals surface area contributed by atoms with E-state index in [1.807, 2.05) is 36.4 Å². The van der Waals surface area contributed by atoms with Crippen LogP contribution in [0.25, 0.3) is 11.2 Å². The number of hydrogen-bond acceptors (Lipinski definition) is 9. The molecule has 4 atom stereocenters. The first-order chi connectivity index (χ1) is 20.6. The quantitative estimate of drug-likeness (QED) is 0.175. The molecule has 3 N–H and O–H groups in total. The average Bonchev–Trinajstić information content (AvgIpc) is 3.59. The molecule has 0 bridgehead atoms. The highest BCUT2D eigenvalue weighted by atomic mass is 28.4. The number of nitrogen functional groups attached to an aromatic ring is 1. The predicted molar refractivity (Wildman–Crippen MR) is 162 cm³/mol. The summed E-state index contributed by atoms with van der Waals surface area (Å²) in [6.45, 7) is 10.2. The molecule has 43 heavy (non-hydrogen) atoms. The van der Waals surface area contributed by atoms with Crippen molar-refractivity contribution in [2.24, 2.45) is 0 Å². The summed E-state index contributed by atoms with van der Waals surface area (Å²) < 4.78 is 27.0. The maximum Gasteiger partial charge on any atom is 0.509 e. The third kappa shape index (κ3) is 4.60. The second-order valence-corrected chi connectivity index (χ2v) is 15.9. The van der Waals surface area contributed by atoms with Gasteiger partial charge in [0.2, 0.25) is 5.95 Å². The van der Waals surface area contributed by atoms with Crippen molar-refractivity contribution in [3.8, 4) is 0 Å². The molecule has 0 radical (unpaired) electrons. The summed E-state index contributed by atoms with van der Waals surface area (Å²) in [6.07, 6.45) is -3.22. The zero-order chi connectivity index (χ0) is 30.5. The molecular weight excluding hydrogens is 570 g/mol. The van der Waals surface area contributed by atoms with Crippen LogP contribution in [-0.2, 0) is 25.2 Å². The molecule has 2 fully saturated rings. The lowest BCUT2D eigenvalue weighted by molar-refractivity contribution is -0.0696. The third-order valence-electron chi connectivity index (χ3n) is 8.03. The highest BCUT2D eigenvalue weighted by molar-refractivity contribution is 6.99. The molecule has 0 aliphatic carbocycles. The smallest absolute Gasteiger partial charge is 0.424 e. The van der Waals surface area contributed by atoms with Crippen LogP contribution in [0.15, 0.2) is 82.9 Å². The molecule has 6 rings (SSSR count). The number of carbonyl (C=O) groups excluding carboxylic acids is 1. The number of rotatable bonds is 8. The zero-order valence-corrected chi connectivity index (χ0v) is 25.1. The van der Waals surface area contributed by atoms with E-state index < -0.39 is 50.3 Å². The fraction of sp³-hybridized carbons (Fsp3) is 0.333. The summed E-state index contributed by atoms with van der Waals surface area (Å²) >= 11 is 0. The Morgan fingerprint density at radius 1 is 1.02 bits per heavy atom. The average molecular weight is 604 g/mol. The van der Waals surface area contributed by atoms with E-state index in [4.69, 9.17) is 24.4 Å². The van der Waals surface area contributed by atoms with Gasteiger partial charge in [-0.3, -0.25) is 14.3 Å². The lowest BCUT2D eigenvalue weighted by Gasteiger charge is -2.43. The maximum absolute atomic E-state index is 13.7. The van der Waals surface area contributed by atoms with Crippen molar-refractivity contribution in [2.75, 3.05) is 12.3 Å². The summed E-state index contributed by atoms with van der Waals surface area (Å²) in [4.78, 5) is 45.6. The number of aromatic nitrogens is 4. The molecule has 0 unspecified atom stereocenters. The molecule has 12 nitrogen and oxygen atoms in total. The molecule has 2 aliphatic rings. The van der Waals surface area contributed by atoms with Gasteiger partial charge in [-0.1, -0.05) is 87.5 Å². The van der Waals surface area contributed by atoms with Crippen molar-refractivity contribution >= 4 is 42.0 Å². The number of allylic oxidation sites excluding steroid dienone is 1. The highest BCUT2D eigenvalue weighted by Gasteiger charge is 2.58. The normalized spacial score (nSPS) is 21.9. The largest absolute Gasteiger partial charge is 0.509 e. The van der Waals surface area contributed by atoms with E-state index in [0.717, 1.165) is 10.4 Å². The van der Waals surface area contributed by atoms with Gasteiger partial charge in [-0.05, 0) is 15.4 Å². The number of H-pyrrole nitrogens is 1. The Bertz CT molecular complexity index is 1760. The molecule has 2 aliphatic heterocycles. The number of hydrogen-bond donors (Lipinski definition) is 2. The molecule has 4 aromatic rings. The van der Waals surface area contributed by atoms with E-state index in [2.05, 4.69) is 61.6 Å². The second-order valence-electron chi connectivity index (χ2n) is 11.6. The molecule has 2 aromatic carbocycles. The van der Waals surface area contributed by atoms with Crippen LogP contribution in [0.4, 0.5) is 10.7 Å². The number of nitrogens with zero attached hydrogens (tertiary/aromatic N) is 3. The summed E-state index contributed by atoms with van der Waals surface area (Å²) in [5.41, 5.74) is 4.65. The number of ether oxygens (including phenoxy) is 3. The van der Waals surface area contributed by atoms with Crippen LogP contribution in [0.5, 0.6) is 0 Å². The van der Waals surface area contributed by atoms with E-state index in [0.29, 0.717) is 0 Å². The molecular formula is C30H33N5O7Si. The molecule has 2 saturated heterocycles. The van der Waals surface area contributed by atoms with Crippen molar-refractivity contribution in [3.63, 3.8) is 0 Å². The Kier molecular flexibility index (Phi) is 7.11. The number of benzene rings is 2. The van der Waals surface area contributed by atoms with Gasteiger partial charge in [0.25, 0.3) is 13.9 Å². The topological polar surface area (TPSA) is 153 Å². The van der Waals surface area contributed by atoms with E-state index in [9.17, 15) is 14.4 Å². The number of carbonyl (C=O) groups is 1. The molecule has 0 spiro atoms. The minimum Gasteiger partial charge on any atom is -0.424 e. The van der Waals surface area contributed by atoms with Gasteiger partial charge >= 0.3 is 11.8 Å². The summed E-state index contributed by atoms with van der Waals surface area (Å²) in [5, 5.41) is 1.83. The van der Waals surface area contributed by atoms with Crippen LogP contribution in [0, 0.1) is 0 Å². The standard InChI is InChI=1S/C30H33N5O7Si/c1-5-16-34-21-24(32-27(31)33-25(21)36)35(28(34)37)26-23-22(41-29(38)42-23)20(40-26)17-39-43(30(2,3)4,18-12-8-6-9-13-18)19-14-10-7-11-15-19/h5-15,20,22-23,26H,1,16-17H2,2-4H3,(H3,31,32,33,36)/t20-,22-,23-,26-/m1/s1. The Morgan fingerprint density at radius 3 is 2.21 bits per heavy atom. The van der Waals surface area contributed by atoms with Crippen LogP contribution in [0.1, 0.15) is 27.0 Å². The van der Waals surface area contributed by atoms with Gasteiger partial charge in [-0.25, -0.2) is 14.2 Å². The van der Waals surface area contributed by atoms with E-state index in [-0.39, 0.29) is 35.3 Å². The summed E-state index contributed by atoms with van der Waals surface area (Å²) in [5.74, 6) is -0.178. The fourth-order valence-electron chi connectivity index (χ4n) is 6.26. The van der Waals surface area contributed by atoms with Crippen molar-refractivity contribution in [1.82, 2.24) is 19.1 Å². The number of fused-ring (bicyclic) bond motifs is 2.